The average Bonchev–Trinajstić information content (AvgIpc) is 3.37. The average molecular weight is 534 g/mol. The van der Waals surface area contributed by atoms with Gasteiger partial charge in [0, 0.05) is 24.7 Å². The predicted molar refractivity (Wildman–Crippen MR) is 148 cm³/mol. The molecule has 7 nitrogen and oxygen atoms in total. The summed E-state index contributed by atoms with van der Waals surface area (Å²) in [5.41, 5.74) is 2.99. The lowest BCUT2D eigenvalue weighted by molar-refractivity contribution is -0.111. The van der Waals surface area contributed by atoms with Crippen molar-refractivity contribution < 1.29 is 17.9 Å². The monoisotopic (exact) mass is 533 g/mol. The Kier molecular flexibility index (Phi) is 7.36. The molecule has 0 bridgehead atoms. The first-order chi connectivity index (χ1) is 18.0. The van der Waals surface area contributed by atoms with Crippen LogP contribution in [0.5, 0.6) is 5.75 Å². The molecule has 5 rings (SSSR count). The quantitative estimate of drug-likeness (QED) is 0.304. The number of hydrogen-bond donors (Lipinski definition) is 1. The number of hydrogen-bond acceptors (Lipinski definition) is 6. The van der Waals surface area contributed by atoms with Crippen LogP contribution in [0.25, 0.3) is 26.9 Å². The van der Waals surface area contributed by atoms with Crippen LogP contribution in [-0.2, 0) is 14.8 Å². The number of methoxy groups -OCH3 is 1. The molecule has 0 atom stereocenters. The molecule has 3 aromatic carbocycles. The van der Waals surface area contributed by atoms with E-state index in [9.17, 15) is 13.2 Å². The van der Waals surface area contributed by atoms with Crippen LogP contribution in [0.1, 0.15) is 24.8 Å². The van der Waals surface area contributed by atoms with Gasteiger partial charge in [0.2, 0.25) is 15.9 Å². The highest BCUT2D eigenvalue weighted by molar-refractivity contribution is 7.89. The summed E-state index contributed by atoms with van der Waals surface area (Å²) in [6.07, 6.45) is 5.72. The molecule has 0 radical (unpaired) electrons. The number of rotatable bonds is 7. The summed E-state index contributed by atoms with van der Waals surface area (Å²) in [7, 11) is -2.24. The summed E-state index contributed by atoms with van der Waals surface area (Å²) < 4.78 is 34.5. The van der Waals surface area contributed by atoms with Crippen LogP contribution in [0, 0.1) is 0 Å². The van der Waals surface area contributed by atoms with Crippen LogP contribution < -0.4 is 10.1 Å². The lowest BCUT2D eigenvalue weighted by Gasteiger charge is -2.26. The van der Waals surface area contributed by atoms with E-state index in [1.54, 1.807) is 35.6 Å². The summed E-state index contributed by atoms with van der Waals surface area (Å²) in [5.74, 6) is -0.0400. The zero-order chi connectivity index (χ0) is 25.8. The summed E-state index contributed by atoms with van der Waals surface area (Å²) in [6.45, 7) is 1.00. The van der Waals surface area contributed by atoms with E-state index in [0.717, 1.165) is 40.1 Å². The maximum Gasteiger partial charge on any atom is 0.248 e. The molecule has 1 saturated heterocycles. The van der Waals surface area contributed by atoms with Gasteiger partial charge in [0.05, 0.1) is 23.0 Å². The number of nitrogens with one attached hydrogen (secondary N) is 1. The second-order valence-corrected chi connectivity index (χ2v) is 11.7. The summed E-state index contributed by atoms with van der Waals surface area (Å²) >= 11 is 1.57. The van der Waals surface area contributed by atoms with Gasteiger partial charge in [-0.25, -0.2) is 13.4 Å². The van der Waals surface area contributed by atoms with Crippen molar-refractivity contribution in [1.29, 1.82) is 0 Å². The van der Waals surface area contributed by atoms with E-state index in [4.69, 9.17) is 9.72 Å². The standard InChI is InChI=1S/C28H27N3O4S2/c1-35-24-15-13-20(19-26(24)37(33,34)31-17-7-2-8-18-31)14-16-27(32)29-22-10-4-3-9-21(22)28-30-23-11-5-6-12-25(23)36-28/h3-6,9-16,19H,2,7-8,17-18H2,1H3,(H,29,32)/b16-14+. The lowest BCUT2D eigenvalue weighted by atomic mass is 10.1. The van der Waals surface area contributed by atoms with Gasteiger partial charge in [-0.05, 0) is 60.9 Å². The van der Waals surface area contributed by atoms with Crippen molar-refractivity contribution in [2.75, 3.05) is 25.5 Å². The Labute approximate surface area is 220 Å². The fourth-order valence-corrected chi connectivity index (χ4v) is 7.07. The number of piperidine rings is 1. The van der Waals surface area contributed by atoms with Crippen molar-refractivity contribution in [3.8, 4) is 16.3 Å². The van der Waals surface area contributed by atoms with E-state index >= 15 is 0 Å². The van der Waals surface area contributed by atoms with Crippen LogP contribution in [0.4, 0.5) is 5.69 Å². The molecule has 190 valence electrons. The Morgan fingerprint density at radius 1 is 1.03 bits per heavy atom. The molecule has 37 heavy (non-hydrogen) atoms. The smallest absolute Gasteiger partial charge is 0.248 e. The maximum absolute atomic E-state index is 13.3. The Morgan fingerprint density at radius 3 is 2.57 bits per heavy atom. The first-order valence-corrected chi connectivity index (χ1v) is 14.3. The highest BCUT2D eigenvalue weighted by Gasteiger charge is 2.29. The third-order valence-corrected chi connectivity index (χ3v) is 9.25. The number of aromatic nitrogens is 1. The van der Waals surface area contributed by atoms with E-state index in [1.807, 2.05) is 48.5 Å². The van der Waals surface area contributed by atoms with Gasteiger partial charge in [-0.2, -0.15) is 4.31 Å². The molecule has 2 heterocycles. The number of thiazole rings is 1. The first kappa shape index (κ1) is 25.1. The molecule has 0 unspecified atom stereocenters. The number of anilines is 1. The van der Waals surface area contributed by atoms with Crippen LogP contribution in [0.15, 0.2) is 77.7 Å². The number of sulfonamides is 1. The Morgan fingerprint density at radius 2 is 1.78 bits per heavy atom. The van der Waals surface area contributed by atoms with Gasteiger partial charge in [0.1, 0.15) is 15.7 Å². The van der Waals surface area contributed by atoms with Gasteiger partial charge in [-0.15, -0.1) is 11.3 Å². The number of carbonyl (C=O) groups excluding carboxylic acids is 1. The second kappa shape index (κ2) is 10.8. The number of nitrogens with zero attached hydrogens (tertiary/aromatic N) is 2. The molecular formula is C28H27N3O4S2. The molecule has 0 spiro atoms. The lowest BCUT2D eigenvalue weighted by Crippen LogP contribution is -2.35. The fourth-order valence-electron chi connectivity index (χ4n) is 4.36. The fraction of sp³-hybridized carbons (Fsp3) is 0.214. The maximum atomic E-state index is 13.3. The summed E-state index contributed by atoms with van der Waals surface area (Å²) in [6, 6.07) is 20.4. The number of ether oxygens (including phenoxy) is 1. The van der Waals surface area contributed by atoms with Gasteiger partial charge >= 0.3 is 0 Å². The number of benzene rings is 3. The SMILES string of the molecule is COc1ccc(/C=C/C(=O)Nc2ccccc2-c2nc3ccccc3s2)cc1S(=O)(=O)N1CCCCC1. The molecule has 1 aliphatic rings. The zero-order valence-electron chi connectivity index (χ0n) is 20.4. The van der Waals surface area contributed by atoms with Gasteiger partial charge in [-0.3, -0.25) is 4.79 Å². The molecule has 1 aliphatic heterocycles. The van der Waals surface area contributed by atoms with Crippen molar-refractivity contribution in [2.24, 2.45) is 0 Å². The minimum Gasteiger partial charge on any atom is -0.495 e. The van der Waals surface area contributed by atoms with Crippen LogP contribution in [-0.4, -0.2) is 43.8 Å². The summed E-state index contributed by atoms with van der Waals surface area (Å²) in [5, 5.41) is 3.76. The van der Waals surface area contributed by atoms with Gasteiger partial charge in [0.15, 0.2) is 0 Å². The molecule has 0 saturated carbocycles. The number of amides is 1. The van der Waals surface area contributed by atoms with Crippen molar-refractivity contribution in [2.45, 2.75) is 24.2 Å². The normalized spacial score (nSPS) is 14.7. The largest absolute Gasteiger partial charge is 0.495 e. The zero-order valence-corrected chi connectivity index (χ0v) is 22.0. The van der Waals surface area contributed by atoms with Crippen molar-refractivity contribution in [3.05, 3.63) is 78.4 Å². The van der Waals surface area contributed by atoms with Crippen molar-refractivity contribution >= 4 is 49.2 Å². The molecule has 4 aromatic rings. The minimum absolute atomic E-state index is 0.112. The van der Waals surface area contributed by atoms with Crippen molar-refractivity contribution in [1.82, 2.24) is 9.29 Å². The van der Waals surface area contributed by atoms with E-state index < -0.39 is 10.0 Å². The van der Waals surface area contributed by atoms with E-state index in [-0.39, 0.29) is 16.6 Å². The third-order valence-electron chi connectivity index (χ3n) is 6.26. The Bertz CT molecular complexity index is 1540. The highest BCUT2D eigenvalue weighted by Crippen LogP contribution is 2.34. The van der Waals surface area contributed by atoms with Crippen LogP contribution >= 0.6 is 11.3 Å². The van der Waals surface area contributed by atoms with Gasteiger partial charge < -0.3 is 10.1 Å². The molecule has 0 aliphatic carbocycles. The minimum atomic E-state index is -3.69. The molecular weight excluding hydrogens is 506 g/mol. The van der Waals surface area contributed by atoms with Crippen molar-refractivity contribution in [3.63, 3.8) is 0 Å². The highest BCUT2D eigenvalue weighted by atomic mass is 32.2. The Balaban J connectivity index is 1.37. The topological polar surface area (TPSA) is 88.6 Å². The molecule has 9 heteroatoms. The van der Waals surface area contributed by atoms with E-state index in [0.29, 0.717) is 24.3 Å². The number of fused-ring (bicyclic) bond motifs is 1. The van der Waals surface area contributed by atoms with Gasteiger partial charge in [0.25, 0.3) is 0 Å². The van der Waals surface area contributed by atoms with Crippen LogP contribution in [0.2, 0.25) is 0 Å². The molecule has 1 fully saturated rings. The molecule has 1 N–H and O–H groups in total. The molecule has 1 amide bonds. The Hall–Kier alpha value is -3.53. The first-order valence-electron chi connectivity index (χ1n) is 12.1. The third kappa shape index (κ3) is 5.44. The second-order valence-electron chi connectivity index (χ2n) is 8.73. The van der Waals surface area contributed by atoms with E-state index in [1.165, 1.54) is 17.5 Å². The predicted octanol–water partition coefficient (Wildman–Crippen LogP) is 5.80. The van der Waals surface area contributed by atoms with E-state index in [2.05, 4.69) is 5.32 Å². The molecule has 1 aromatic heterocycles. The van der Waals surface area contributed by atoms with Gasteiger partial charge in [-0.1, -0.05) is 36.8 Å². The van der Waals surface area contributed by atoms with Crippen LogP contribution in [0.3, 0.4) is 0 Å². The number of carbonyl (C=O) groups is 1. The summed E-state index contributed by atoms with van der Waals surface area (Å²) in [4.78, 5) is 17.6. The number of para-hydroxylation sites is 2.